The van der Waals surface area contributed by atoms with Crippen molar-refractivity contribution < 1.29 is 9.90 Å². The summed E-state index contributed by atoms with van der Waals surface area (Å²) in [7, 11) is 1.82. The van der Waals surface area contributed by atoms with Crippen LogP contribution in [0, 0.1) is 5.92 Å². The summed E-state index contributed by atoms with van der Waals surface area (Å²) in [6, 6.07) is 11.4. The SMILES string of the molecule is Cn1cc(Cl)cc1C(=O)N1CCC([C@H](O)c2ccccc2)CC1. The van der Waals surface area contributed by atoms with E-state index in [-0.39, 0.29) is 11.8 Å². The molecule has 4 nitrogen and oxygen atoms in total. The summed E-state index contributed by atoms with van der Waals surface area (Å²) in [6.07, 6.45) is 2.89. The van der Waals surface area contributed by atoms with Gasteiger partial charge in [-0.25, -0.2) is 0 Å². The number of halogens is 1. The van der Waals surface area contributed by atoms with E-state index in [0.29, 0.717) is 23.8 Å². The third-order valence-electron chi connectivity index (χ3n) is 4.61. The predicted octanol–water partition coefficient (Wildman–Crippen LogP) is 3.26. The number of aromatic nitrogens is 1. The number of likely N-dealkylation sites (tertiary alicyclic amines) is 1. The Kier molecular flexibility index (Phi) is 4.74. The van der Waals surface area contributed by atoms with E-state index in [4.69, 9.17) is 11.6 Å². The zero-order chi connectivity index (χ0) is 16.4. The molecular formula is C18H21ClN2O2. The molecule has 0 radical (unpaired) electrons. The van der Waals surface area contributed by atoms with Crippen molar-refractivity contribution in [3.8, 4) is 0 Å². The van der Waals surface area contributed by atoms with Crippen molar-refractivity contribution in [2.45, 2.75) is 18.9 Å². The summed E-state index contributed by atoms with van der Waals surface area (Å²) >= 11 is 5.96. The molecular weight excluding hydrogens is 312 g/mol. The number of carbonyl (C=O) groups excluding carboxylic acids is 1. The fourth-order valence-corrected chi connectivity index (χ4v) is 3.49. The molecule has 1 atom stereocenters. The van der Waals surface area contributed by atoms with Crippen LogP contribution >= 0.6 is 11.6 Å². The van der Waals surface area contributed by atoms with Crippen LogP contribution in [0.2, 0.25) is 5.02 Å². The van der Waals surface area contributed by atoms with Gasteiger partial charge in [0.1, 0.15) is 5.69 Å². The molecule has 0 saturated carbocycles. The quantitative estimate of drug-likeness (QED) is 0.937. The Morgan fingerprint density at radius 1 is 1.26 bits per heavy atom. The summed E-state index contributed by atoms with van der Waals surface area (Å²) in [5, 5.41) is 11.1. The fourth-order valence-electron chi connectivity index (χ4n) is 3.24. The first-order chi connectivity index (χ1) is 11.1. The van der Waals surface area contributed by atoms with E-state index in [1.807, 2.05) is 42.3 Å². The molecule has 23 heavy (non-hydrogen) atoms. The van der Waals surface area contributed by atoms with Gasteiger partial charge in [0, 0.05) is 26.3 Å². The van der Waals surface area contributed by atoms with Gasteiger partial charge in [0.05, 0.1) is 11.1 Å². The predicted molar refractivity (Wildman–Crippen MR) is 90.5 cm³/mol. The molecule has 1 N–H and O–H groups in total. The average molecular weight is 333 g/mol. The fraction of sp³-hybridized carbons (Fsp3) is 0.389. The molecule has 0 spiro atoms. The smallest absolute Gasteiger partial charge is 0.270 e. The highest BCUT2D eigenvalue weighted by Gasteiger charge is 2.29. The molecule has 122 valence electrons. The first-order valence-corrected chi connectivity index (χ1v) is 8.28. The van der Waals surface area contributed by atoms with Crippen LogP contribution in [0.4, 0.5) is 0 Å². The molecule has 2 aromatic rings. The Morgan fingerprint density at radius 2 is 1.91 bits per heavy atom. The zero-order valence-electron chi connectivity index (χ0n) is 13.2. The Bertz CT molecular complexity index is 676. The van der Waals surface area contributed by atoms with Crippen molar-refractivity contribution in [1.82, 2.24) is 9.47 Å². The Labute approximate surface area is 141 Å². The van der Waals surface area contributed by atoms with E-state index in [0.717, 1.165) is 18.4 Å². The number of aliphatic hydroxyl groups excluding tert-OH is 1. The maximum Gasteiger partial charge on any atom is 0.270 e. The van der Waals surface area contributed by atoms with E-state index in [1.165, 1.54) is 0 Å². The van der Waals surface area contributed by atoms with Gasteiger partial charge in [-0.2, -0.15) is 0 Å². The van der Waals surface area contributed by atoms with Crippen molar-refractivity contribution >= 4 is 17.5 Å². The third kappa shape index (κ3) is 3.43. The van der Waals surface area contributed by atoms with E-state index < -0.39 is 6.10 Å². The van der Waals surface area contributed by atoms with Gasteiger partial charge in [0.25, 0.3) is 5.91 Å². The minimum atomic E-state index is -0.460. The monoisotopic (exact) mass is 332 g/mol. The normalized spacial score (nSPS) is 17.3. The lowest BCUT2D eigenvalue weighted by atomic mass is 9.87. The van der Waals surface area contributed by atoms with Crippen molar-refractivity contribution in [2.24, 2.45) is 13.0 Å². The molecule has 1 aliphatic heterocycles. The van der Waals surface area contributed by atoms with Gasteiger partial charge >= 0.3 is 0 Å². The van der Waals surface area contributed by atoms with Gasteiger partial charge in [-0.05, 0) is 30.4 Å². The van der Waals surface area contributed by atoms with Gasteiger partial charge in [0.15, 0.2) is 0 Å². The van der Waals surface area contributed by atoms with Gasteiger partial charge in [-0.3, -0.25) is 4.79 Å². The van der Waals surface area contributed by atoms with Crippen molar-refractivity contribution in [1.29, 1.82) is 0 Å². The molecule has 1 aromatic heterocycles. The summed E-state index contributed by atoms with van der Waals surface area (Å²) in [5.74, 6) is 0.200. The molecule has 3 rings (SSSR count). The lowest BCUT2D eigenvalue weighted by Crippen LogP contribution is -2.40. The lowest BCUT2D eigenvalue weighted by molar-refractivity contribution is 0.0456. The molecule has 5 heteroatoms. The number of hydrogen-bond acceptors (Lipinski definition) is 2. The summed E-state index contributed by atoms with van der Waals surface area (Å²) in [5.41, 5.74) is 1.56. The summed E-state index contributed by atoms with van der Waals surface area (Å²) < 4.78 is 1.76. The van der Waals surface area contributed by atoms with Gasteiger partial charge in [0.2, 0.25) is 0 Å². The van der Waals surface area contributed by atoms with Crippen LogP contribution in [-0.4, -0.2) is 33.6 Å². The molecule has 0 bridgehead atoms. The molecule has 0 aliphatic carbocycles. The summed E-state index contributed by atoms with van der Waals surface area (Å²) in [4.78, 5) is 14.4. The maximum absolute atomic E-state index is 12.6. The van der Waals surface area contributed by atoms with Crippen LogP contribution in [-0.2, 0) is 7.05 Å². The van der Waals surface area contributed by atoms with E-state index in [1.54, 1.807) is 16.8 Å². The minimum absolute atomic E-state index is 0.00653. The second-order valence-corrected chi connectivity index (χ2v) is 6.58. The number of piperidine rings is 1. The standard InChI is InChI=1S/C18H21ClN2O2/c1-20-12-15(19)11-16(20)18(23)21-9-7-14(8-10-21)17(22)13-5-3-2-4-6-13/h2-6,11-12,14,17,22H,7-10H2,1H3/t17-/m1/s1. The first kappa shape index (κ1) is 16.1. The third-order valence-corrected chi connectivity index (χ3v) is 4.81. The van der Waals surface area contributed by atoms with Crippen LogP contribution in [0.3, 0.4) is 0 Å². The highest BCUT2D eigenvalue weighted by Crippen LogP contribution is 2.31. The molecule has 1 aromatic carbocycles. The number of nitrogens with zero attached hydrogens (tertiary/aromatic N) is 2. The Morgan fingerprint density at radius 3 is 2.48 bits per heavy atom. The topological polar surface area (TPSA) is 45.5 Å². The van der Waals surface area contributed by atoms with Gasteiger partial charge in [-0.1, -0.05) is 41.9 Å². The van der Waals surface area contributed by atoms with Crippen molar-refractivity contribution in [3.05, 3.63) is 58.9 Å². The molecule has 0 unspecified atom stereocenters. The Balaban J connectivity index is 1.62. The van der Waals surface area contributed by atoms with Crippen molar-refractivity contribution in [2.75, 3.05) is 13.1 Å². The van der Waals surface area contributed by atoms with Crippen LogP contribution in [0.25, 0.3) is 0 Å². The number of aliphatic hydroxyl groups is 1. The molecule has 1 aliphatic rings. The number of aryl methyl sites for hydroxylation is 1. The van der Waals surface area contributed by atoms with E-state index in [2.05, 4.69) is 0 Å². The van der Waals surface area contributed by atoms with E-state index in [9.17, 15) is 9.90 Å². The molecule has 1 fully saturated rings. The molecule has 2 heterocycles. The summed E-state index contributed by atoms with van der Waals surface area (Å²) in [6.45, 7) is 1.33. The Hall–Kier alpha value is -1.78. The van der Waals surface area contributed by atoms with Crippen LogP contribution in [0.15, 0.2) is 42.6 Å². The van der Waals surface area contributed by atoms with Crippen LogP contribution < -0.4 is 0 Å². The number of carbonyl (C=O) groups is 1. The number of hydrogen-bond donors (Lipinski definition) is 1. The van der Waals surface area contributed by atoms with Gasteiger partial charge in [-0.15, -0.1) is 0 Å². The highest BCUT2D eigenvalue weighted by atomic mass is 35.5. The zero-order valence-corrected chi connectivity index (χ0v) is 13.9. The number of rotatable bonds is 3. The first-order valence-electron chi connectivity index (χ1n) is 7.90. The second kappa shape index (κ2) is 6.77. The van der Waals surface area contributed by atoms with E-state index >= 15 is 0 Å². The van der Waals surface area contributed by atoms with Gasteiger partial charge < -0.3 is 14.6 Å². The highest BCUT2D eigenvalue weighted by molar-refractivity contribution is 6.31. The number of amides is 1. The average Bonchev–Trinajstić information content (AvgIpc) is 2.93. The van der Waals surface area contributed by atoms with Crippen molar-refractivity contribution in [3.63, 3.8) is 0 Å². The second-order valence-electron chi connectivity index (χ2n) is 6.14. The molecule has 1 saturated heterocycles. The van der Waals surface area contributed by atoms with Crippen LogP contribution in [0.5, 0.6) is 0 Å². The largest absolute Gasteiger partial charge is 0.388 e. The maximum atomic E-state index is 12.6. The lowest BCUT2D eigenvalue weighted by Gasteiger charge is -2.34. The molecule has 1 amide bonds. The minimum Gasteiger partial charge on any atom is -0.388 e. The number of benzene rings is 1. The van der Waals surface area contributed by atoms with Crippen LogP contribution in [0.1, 0.15) is 35.0 Å².